The molecule has 2 aromatic carbocycles. The normalized spacial score (nSPS) is 20.7. The average molecular weight is 374 g/mol. The highest BCUT2D eigenvalue weighted by atomic mass is 16.2. The predicted octanol–water partition coefficient (Wildman–Crippen LogP) is 2.87. The van der Waals surface area contributed by atoms with Gasteiger partial charge in [-0.25, -0.2) is 4.98 Å². The van der Waals surface area contributed by atoms with Crippen LogP contribution in [0.1, 0.15) is 50.6 Å². The lowest BCUT2D eigenvalue weighted by Crippen LogP contribution is -2.46. The Morgan fingerprint density at radius 3 is 2.89 bits per heavy atom. The minimum Gasteiger partial charge on any atom is -0.355 e. The van der Waals surface area contributed by atoms with E-state index in [0.29, 0.717) is 17.0 Å². The van der Waals surface area contributed by atoms with Crippen molar-refractivity contribution in [1.82, 2.24) is 20.2 Å². The third-order valence-electron chi connectivity index (χ3n) is 6.17. The molecular weight excluding hydrogens is 352 g/mol. The van der Waals surface area contributed by atoms with Crippen LogP contribution in [-0.4, -0.2) is 46.3 Å². The van der Waals surface area contributed by atoms with Gasteiger partial charge in [0.25, 0.3) is 11.8 Å². The summed E-state index contributed by atoms with van der Waals surface area (Å²) in [5, 5.41) is 2.68. The summed E-state index contributed by atoms with van der Waals surface area (Å²) in [7, 11) is 1.65. The van der Waals surface area contributed by atoms with Gasteiger partial charge >= 0.3 is 0 Å². The first-order valence-electron chi connectivity index (χ1n) is 9.74. The number of carbonyl (C=O) groups is 2. The predicted molar refractivity (Wildman–Crippen MR) is 106 cm³/mol. The number of aromatic nitrogens is 2. The monoisotopic (exact) mass is 374 g/mol. The molecule has 6 heteroatoms. The van der Waals surface area contributed by atoms with Gasteiger partial charge in [0.2, 0.25) is 0 Å². The number of hydrogen-bond acceptors (Lipinski definition) is 3. The standard InChI is InChI=1S/C22H22N4O2/c1-23-21(27)13-4-6-16-15(9-13)11-20-17(16)3-2-8-26(20)22(28)14-5-7-18-19(10-14)25-12-24-18/h4-7,9-10,12,17,20H,2-3,8,11H2,1H3,(H,23,27)(H,24,25). The van der Waals surface area contributed by atoms with Gasteiger partial charge in [-0.2, -0.15) is 0 Å². The van der Waals surface area contributed by atoms with Gasteiger partial charge in [0, 0.05) is 36.7 Å². The van der Waals surface area contributed by atoms with E-state index in [9.17, 15) is 9.59 Å². The van der Waals surface area contributed by atoms with Crippen molar-refractivity contribution >= 4 is 22.8 Å². The maximum Gasteiger partial charge on any atom is 0.254 e. The molecular formula is C22H22N4O2. The number of carbonyl (C=O) groups excluding carboxylic acids is 2. The summed E-state index contributed by atoms with van der Waals surface area (Å²) in [6.45, 7) is 0.775. The highest BCUT2D eigenvalue weighted by Crippen LogP contribution is 2.42. The topological polar surface area (TPSA) is 78.1 Å². The number of nitrogens with one attached hydrogen (secondary N) is 2. The van der Waals surface area contributed by atoms with Crippen molar-refractivity contribution in [3.8, 4) is 0 Å². The van der Waals surface area contributed by atoms with E-state index in [0.717, 1.165) is 36.8 Å². The molecule has 6 nitrogen and oxygen atoms in total. The minimum atomic E-state index is -0.0709. The summed E-state index contributed by atoms with van der Waals surface area (Å²) in [6.07, 6.45) is 4.53. The Bertz CT molecular complexity index is 1090. The van der Waals surface area contributed by atoms with Crippen molar-refractivity contribution in [2.75, 3.05) is 13.6 Å². The maximum atomic E-state index is 13.3. The summed E-state index contributed by atoms with van der Waals surface area (Å²) in [5.74, 6) is 0.353. The molecule has 1 aromatic heterocycles. The van der Waals surface area contributed by atoms with Gasteiger partial charge in [0.05, 0.1) is 17.4 Å². The number of fused-ring (bicyclic) bond motifs is 4. The van der Waals surface area contributed by atoms with E-state index in [1.165, 1.54) is 11.1 Å². The van der Waals surface area contributed by atoms with E-state index in [1.807, 2.05) is 35.2 Å². The van der Waals surface area contributed by atoms with Crippen LogP contribution in [0, 0.1) is 0 Å². The highest BCUT2D eigenvalue weighted by molar-refractivity contribution is 5.98. The van der Waals surface area contributed by atoms with Crippen LogP contribution in [0.15, 0.2) is 42.7 Å². The third-order valence-corrected chi connectivity index (χ3v) is 6.17. The van der Waals surface area contributed by atoms with E-state index in [2.05, 4.69) is 21.4 Å². The molecule has 5 rings (SSSR count). The summed E-state index contributed by atoms with van der Waals surface area (Å²) in [4.78, 5) is 34.6. The van der Waals surface area contributed by atoms with Gasteiger partial charge in [-0.15, -0.1) is 0 Å². The molecule has 2 N–H and O–H groups in total. The lowest BCUT2D eigenvalue weighted by molar-refractivity contribution is 0.0595. The number of aromatic amines is 1. The van der Waals surface area contributed by atoms with Crippen LogP contribution in [-0.2, 0) is 6.42 Å². The number of imidazole rings is 1. The zero-order chi connectivity index (χ0) is 19.3. The van der Waals surface area contributed by atoms with Crippen LogP contribution >= 0.6 is 0 Å². The fourth-order valence-corrected chi connectivity index (χ4v) is 4.81. The van der Waals surface area contributed by atoms with Gasteiger partial charge in [0.1, 0.15) is 0 Å². The second-order valence-electron chi connectivity index (χ2n) is 7.65. The number of likely N-dealkylation sites (tertiary alicyclic amines) is 1. The Labute approximate surface area is 163 Å². The average Bonchev–Trinajstić information content (AvgIpc) is 3.35. The van der Waals surface area contributed by atoms with Crippen molar-refractivity contribution in [3.05, 3.63) is 65.0 Å². The molecule has 2 amide bonds. The fraction of sp³-hybridized carbons (Fsp3) is 0.318. The van der Waals surface area contributed by atoms with Gasteiger partial charge in [-0.05, 0) is 60.7 Å². The molecule has 0 bridgehead atoms. The van der Waals surface area contributed by atoms with Gasteiger partial charge < -0.3 is 15.2 Å². The van der Waals surface area contributed by atoms with Crippen LogP contribution < -0.4 is 5.32 Å². The molecule has 2 heterocycles. The molecule has 1 saturated heterocycles. The van der Waals surface area contributed by atoms with Gasteiger partial charge in [0.15, 0.2) is 0 Å². The number of amides is 2. The Morgan fingerprint density at radius 2 is 2.04 bits per heavy atom. The quantitative estimate of drug-likeness (QED) is 0.724. The van der Waals surface area contributed by atoms with E-state index < -0.39 is 0 Å². The molecule has 0 saturated carbocycles. The van der Waals surface area contributed by atoms with E-state index >= 15 is 0 Å². The van der Waals surface area contributed by atoms with E-state index in [1.54, 1.807) is 13.4 Å². The smallest absolute Gasteiger partial charge is 0.254 e. The summed E-state index contributed by atoms with van der Waals surface area (Å²) >= 11 is 0. The van der Waals surface area contributed by atoms with Gasteiger partial charge in [-0.1, -0.05) is 6.07 Å². The number of piperidine rings is 1. The fourth-order valence-electron chi connectivity index (χ4n) is 4.81. The van der Waals surface area contributed by atoms with Crippen molar-refractivity contribution < 1.29 is 9.59 Å². The van der Waals surface area contributed by atoms with E-state index in [-0.39, 0.29) is 17.9 Å². The summed E-state index contributed by atoms with van der Waals surface area (Å²) < 4.78 is 0. The first kappa shape index (κ1) is 17.0. The van der Waals surface area contributed by atoms with Crippen LogP contribution in [0.3, 0.4) is 0 Å². The molecule has 0 spiro atoms. The van der Waals surface area contributed by atoms with Crippen LogP contribution in [0.5, 0.6) is 0 Å². The number of H-pyrrole nitrogens is 1. The maximum absolute atomic E-state index is 13.3. The number of benzene rings is 2. The highest BCUT2D eigenvalue weighted by Gasteiger charge is 2.41. The molecule has 1 fully saturated rings. The van der Waals surface area contributed by atoms with Crippen molar-refractivity contribution in [2.24, 2.45) is 0 Å². The number of nitrogens with zero attached hydrogens (tertiary/aromatic N) is 2. The molecule has 1 aliphatic heterocycles. The zero-order valence-corrected chi connectivity index (χ0v) is 15.7. The van der Waals surface area contributed by atoms with Crippen LogP contribution in [0.25, 0.3) is 11.0 Å². The molecule has 28 heavy (non-hydrogen) atoms. The molecule has 3 aromatic rings. The minimum absolute atomic E-state index is 0.0709. The van der Waals surface area contributed by atoms with Crippen LogP contribution in [0.2, 0.25) is 0 Å². The molecule has 142 valence electrons. The molecule has 1 aliphatic carbocycles. The first-order valence-corrected chi connectivity index (χ1v) is 9.74. The lowest BCUT2D eigenvalue weighted by atomic mass is 9.88. The second kappa shape index (κ2) is 6.48. The Balaban J connectivity index is 1.45. The first-order chi connectivity index (χ1) is 13.7. The zero-order valence-electron chi connectivity index (χ0n) is 15.7. The Morgan fingerprint density at radius 1 is 1.18 bits per heavy atom. The van der Waals surface area contributed by atoms with Crippen LogP contribution in [0.4, 0.5) is 0 Å². The number of rotatable bonds is 2. The van der Waals surface area contributed by atoms with Crippen molar-refractivity contribution in [1.29, 1.82) is 0 Å². The van der Waals surface area contributed by atoms with Crippen molar-refractivity contribution in [3.63, 3.8) is 0 Å². The molecule has 2 unspecified atom stereocenters. The Hall–Kier alpha value is -3.15. The second-order valence-corrected chi connectivity index (χ2v) is 7.65. The number of hydrogen-bond donors (Lipinski definition) is 2. The Kier molecular flexibility index (Phi) is 3.93. The lowest BCUT2D eigenvalue weighted by Gasteiger charge is -2.38. The van der Waals surface area contributed by atoms with Crippen molar-refractivity contribution in [2.45, 2.75) is 31.2 Å². The SMILES string of the molecule is CNC(=O)c1ccc2c(c1)CC1C2CCCN1C(=O)c1ccc2nc[nH]c2c1. The summed E-state index contributed by atoms with van der Waals surface area (Å²) in [6, 6.07) is 11.8. The third kappa shape index (κ3) is 2.59. The summed E-state index contributed by atoms with van der Waals surface area (Å²) in [5.41, 5.74) is 5.60. The van der Waals surface area contributed by atoms with Gasteiger partial charge in [-0.3, -0.25) is 9.59 Å². The van der Waals surface area contributed by atoms with E-state index in [4.69, 9.17) is 0 Å². The largest absolute Gasteiger partial charge is 0.355 e. The molecule has 2 atom stereocenters. The molecule has 0 radical (unpaired) electrons. The molecule has 2 aliphatic rings.